The van der Waals surface area contributed by atoms with E-state index in [0.29, 0.717) is 12.5 Å². The van der Waals surface area contributed by atoms with Gasteiger partial charge in [0.05, 0.1) is 12.2 Å². The Bertz CT molecular complexity index is 427. The van der Waals surface area contributed by atoms with E-state index in [4.69, 9.17) is 0 Å². The minimum absolute atomic E-state index is 0.0364. The molecule has 2 heterocycles. The van der Waals surface area contributed by atoms with E-state index in [1.807, 2.05) is 24.9 Å². The Hall–Kier alpha value is -1.36. The molecule has 0 saturated carbocycles. The number of piperidine rings is 1. The van der Waals surface area contributed by atoms with Gasteiger partial charge in [-0.15, -0.1) is 0 Å². The second-order valence-electron chi connectivity index (χ2n) is 5.23. The van der Waals surface area contributed by atoms with Gasteiger partial charge in [0, 0.05) is 24.8 Å². The minimum atomic E-state index is -0.0364. The second kappa shape index (κ2) is 5.52. The summed E-state index contributed by atoms with van der Waals surface area (Å²) < 4.78 is 1.82. The van der Waals surface area contributed by atoms with E-state index < -0.39 is 0 Å². The molecule has 0 aromatic carbocycles. The van der Waals surface area contributed by atoms with Crippen molar-refractivity contribution in [1.29, 1.82) is 0 Å². The van der Waals surface area contributed by atoms with Gasteiger partial charge in [-0.1, -0.05) is 6.92 Å². The third-order valence-corrected chi connectivity index (χ3v) is 3.77. The Kier molecular flexibility index (Phi) is 4.01. The number of carbonyl (C=O) groups excluding carboxylic acids is 1. The zero-order valence-corrected chi connectivity index (χ0v) is 11.4. The first kappa shape index (κ1) is 13.1. The van der Waals surface area contributed by atoms with E-state index in [1.54, 1.807) is 0 Å². The Morgan fingerprint density at radius 3 is 3.06 bits per heavy atom. The zero-order chi connectivity index (χ0) is 13.1. The summed E-state index contributed by atoms with van der Waals surface area (Å²) >= 11 is 0. The molecule has 1 aliphatic rings. The molecule has 100 valence electrons. The van der Waals surface area contributed by atoms with Gasteiger partial charge < -0.3 is 10.6 Å². The van der Waals surface area contributed by atoms with Crippen LogP contribution in [0.25, 0.3) is 0 Å². The molecule has 0 aliphatic carbocycles. The number of hydrogen-bond acceptors (Lipinski definition) is 3. The summed E-state index contributed by atoms with van der Waals surface area (Å²) in [4.78, 5) is 12.0. The number of aryl methyl sites for hydroxylation is 1. The number of hydrogen-bond donors (Lipinski definition) is 2. The molecule has 5 nitrogen and oxygen atoms in total. The van der Waals surface area contributed by atoms with Gasteiger partial charge in [-0.2, -0.15) is 5.10 Å². The van der Waals surface area contributed by atoms with Crippen LogP contribution < -0.4 is 10.6 Å². The normalized spacial score (nSPS) is 23.9. The van der Waals surface area contributed by atoms with Crippen LogP contribution >= 0.6 is 0 Å². The summed E-state index contributed by atoms with van der Waals surface area (Å²) in [5, 5.41) is 10.4. The lowest BCUT2D eigenvalue weighted by Gasteiger charge is -2.27. The van der Waals surface area contributed by atoms with Crippen LogP contribution in [-0.2, 0) is 18.4 Å². The van der Waals surface area contributed by atoms with Gasteiger partial charge in [-0.3, -0.25) is 9.48 Å². The molecule has 2 rings (SSSR count). The van der Waals surface area contributed by atoms with E-state index >= 15 is 0 Å². The van der Waals surface area contributed by atoms with Crippen LogP contribution in [0, 0.1) is 12.8 Å². The van der Waals surface area contributed by atoms with Crippen molar-refractivity contribution in [2.24, 2.45) is 13.0 Å². The average molecular weight is 250 g/mol. The van der Waals surface area contributed by atoms with Gasteiger partial charge >= 0.3 is 0 Å². The molecule has 2 atom stereocenters. The SMILES string of the molecule is Cc1c(CNC(=O)C2CC(C)CCN2)cnn1C. The fourth-order valence-corrected chi connectivity index (χ4v) is 2.33. The highest BCUT2D eigenvalue weighted by Crippen LogP contribution is 2.15. The maximum Gasteiger partial charge on any atom is 0.237 e. The van der Waals surface area contributed by atoms with Gasteiger partial charge in [0.1, 0.15) is 0 Å². The number of nitrogens with one attached hydrogen (secondary N) is 2. The maximum absolute atomic E-state index is 12.0. The fraction of sp³-hybridized carbons (Fsp3) is 0.692. The smallest absolute Gasteiger partial charge is 0.237 e. The van der Waals surface area contributed by atoms with E-state index in [-0.39, 0.29) is 11.9 Å². The standard InChI is InChI=1S/C13H22N4O/c1-9-4-5-14-12(6-9)13(18)15-7-11-8-16-17(3)10(11)2/h8-9,12,14H,4-7H2,1-3H3,(H,15,18). The predicted molar refractivity (Wildman–Crippen MR) is 70.0 cm³/mol. The van der Waals surface area contributed by atoms with Crippen LogP contribution in [0.1, 0.15) is 31.0 Å². The van der Waals surface area contributed by atoms with Crippen molar-refractivity contribution in [1.82, 2.24) is 20.4 Å². The van der Waals surface area contributed by atoms with Crippen molar-refractivity contribution in [3.05, 3.63) is 17.5 Å². The first-order valence-corrected chi connectivity index (χ1v) is 6.56. The van der Waals surface area contributed by atoms with E-state index in [2.05, 4.69) is 22.7 Å². The number of carbonyl (C=O) groups is 1. The van der Waals surface area contributed by atoms with Gasteiger partial charge in [0.25, 0.3) is 0 Å². The summed E-state index contributed by atoms with van der Waals surface area (Å²) in [5.74, 6) is 0.729. The average Bonchev–Trinajstić information content (AvgIpc) is 2.67. The largest absolute Gasteiger partial charge is 0.351 e. The molecule has 1 fully saturated rings. The van der Waals surface area contributed by atoms with Crippen LogP contribution in [0.5, 0.6) is 0 Å². The fourth-order valence-electron chi connectivity index (χ4n) is 2.33. The highest BCUT2D eigenvalue weighted by atomic mass is 16.2. The van der Waals surface area contributed by atoms with Crippen LogP contribution in [0.15, 0.2) is 6.20 Å². The third kappa shape index (κ3) is 2.90. The highest BCUT2D eigenvalue weighted by Gasteiger charge is 2.24. The number of aromatic nitrogens is 2. The molecule has 2 N–H and O–H groups in total. The number of amides is 1. The molecule has 1 aromatic heterocycles. The van der Waals surface area contributed by atoms with Crippen molar-refractivity contribution < 1.29 is 4.79 Å². The molecule has 1 saturated heterocycles. The van der Waals surface area contributed by atoms with Crippen molar-refractivity contribution in [3.63, 3.8) is 0 Å². The summed E-state index contributed by atoms with van der Waals surface area (Å²) in [7, 11) is 1.91. The lowest BCUT2D eigenvalue weighted by Crippen LogP contribution is -2.48. The lowest BCUT2D eigenvalue weighted by atomic mass is 9.94. The maximum atomic E-state index is 12.0. The van der Waals surface area contributed by atoms with Gasteiger partial charge in [-0.05, 0) is 32.2 Å². The molecule has 1 aliphatic heterocycles. The molecule has 0 bridgehead atoms. The molecule has 0 radical (unpaired) electrons. The highest BCUT2D eigenvalue weighted by molar-refractivity contribution is 5.81. The Balaban J connectivity index is 1.86. The summed E-state index contributed by atoms with van der Waals surface area (Å²) in [6.07, 6.45) is 3.90. The van der Waals surface area contributed by atoms with Crippen LogP contribution in [0.2, 0.25) is 0 Å². The Morgan fingerprint density at radius 1 is 1.67 bits per heavy atom. The monoisotopic (exact) mass is 250 g/mol. The zero-order valence-electron chi connectivity index (χ0n) is 11.4. The first-order chi connectivity index (χ1) is 8.58. The van der Waals surface area contributed by atoms with E-state index in [1.165, 1.54) is 0 Å². The van der Waals surface area contributed by atoms with Crippen molar-refractivity contribution in [2.75, 3.05) is 6.54 Å². The first-order valence-electron chi connectivity index (χ1n) is 6.56. The Morgan fingerprint density at radius 2 is 2.44 bits per heavy atom. The molecule has 5 heteroatoms. The molecule has 18 heavy (non-hydrogen) atoms. The second-order valence-corrected chi connectivity index (χ2v) is 5.23. The Labute approximate surface area is 108 Å². The van der Waals surface area contributed by atoms with Crippen LogP contribution in [0.3, 0.4) is 0 Å². The van der Waals surface area contributed by atoms with Crippen molar-refractivity contribution in [2.45, 2.75) is 39.3 Å². The summed E-state index contributed by atoms with van der Waals surface area (Å²) in [5.41, 5.74) is 2.18. The number of nitrogens with zero attached hydrogens (tertiary/aromatic N) is 2. The summed E-state index contributed by atoms with van der Waals surface area (Å²) in [6.45, 7) is 5.71. The predicted octanol–water partition coefficient (Wildman–Crippen LogP) is 0.733. The molecular weight excluding hydrogens is 228 g/mol. The van der Waals surface area contributed by atoms with Crippen molar-refractivity contribution in [3.8, 4) is 0 Å². The molecular formula is C13H22N4O. The van der Waals surface area contributed by atoms with Gasteiger partial charge in [0.15, 0.2) is 0 Å². The summed E-state index contributed by atoms with van der Waals surface area (Å²) in [6, 6.07) is -0.0364. The molecule has 0 spiro atoms. The van der Waals surface area contributed by atoms with Gasteiger partial charge in [0.2, 0.25) is 5.91 Å². The van der Waals surface area contributed by atoms with E-state index in [0.717, 1.165) is 30.6 Å². The van der Waals surface area contributed by atoms with Crippen molar-refractivity contribution >= 4 is 5.91 Å². The lowest BCUT2D eigenvalue weighted by molar-refractivity contribution is -0.124. The molecule has 1 amide bonds. The molecule has 1 aromatic rings. The minimum Gasteiger partial charge on any atom is -0.351 e. The van der Waals surface area contributed by atoms with Crippen LogP contribution in [0.4, 0.5) is 0 Å². The topological polar surface area (TPSA) is 59.0 Å². The quantitative estimate of drug-likeness (QED) is 0.831. The molecule has 2 unspecified atom stereocenters. The van der Waals surface area contributed by atoms with E-state index in [9.17, 15) is 4.79 Å². The third-order valence-electron chi connectivity index (χ3n) is 3.77. The number of rotatable bonds is 3. The van der Waals surface area contributed by atoms with Gasteiger partial charge in [-0.25, -0.2) is 0 Å². The van der Waals surface area contributed by atoms with Crippen LogP contribution in [-0.4, -0.2) is 28.3 Å².